The highest BCUT2D eigenvalue weighted by Crippen LogP contribution is 2.10. The number of unbranched alkanes of at least 4 members (excludes halogenated alkanes) is 1. The van der Waals surface area contributed by atoms with Gasteiger partial charge in [0.05, 0.1) is 0 Å². The van der Waals surface area contributed by atoms with Gasteiger partial charge < -0.3 is 9.80 Å². The van der Waals surface area contributed by atoms with E-state index in [0.29, 0.717) is 0 Å². The molecule has 0 radical (unpaired) electrons. The fourth-order valence-electron chi connectivity index (χ4n) is 1.83. The lowest BCUT2D eigenvalue weighted by molar-refractivity contribution is 0.243. The van der Waals surface area contributed by atoms with E-state index in [4.69, 9.17) is 0 Å². The topological polar surface area (TPSA) is 6.48 Å². The Labute approximate surface area is 96.6 Å². The van der Waals surface area contributed by atoms with Crippen LogP contribution in [0.15, 0.2) is 0 Å². The van der Waals surface area contributed by atoms with E-state index in [1.807, 2.05) is 0 Å². The third kappa shape index (κ3) is 8.88. The number of hydrogen-bond acceptors (Lipinski definition) is 2. The second-order valence-electron chi connectivity index (χ2n) is 4.98. The molecule has 0 saturated heterocycles. The monoisotopic (exact) mass is 214 g/mol. The first-order valence-electron chi connectivity index (χ1n) is 6.43. The maximum absolute atomic E-state index is 2.49. The van der Waals surface area contributed by atoms with E-state index in [1.54, 1.807) is 0 Å². The minimum Gasteiger partial charge on any atom is -0.309 e. The highest BCUT2D eigenvalue weighted by molar-refractivity contribution is 4.64. The van der Waals surface area contributed by atoms with Gasteiger partial charge in [0, 0.05) is 6.54 Å². The molecule has 0 aromatic heterocycles. The van der Waals surface area contributed by atoms with Crippen LogP contribution in [0.5, 0.6) is 0 Å². The van der Waals surface area contributed by atoms with Crippen molar-refractivity contribution >= 4 is 0 Å². The van der Waals surface area contributed by atoms with E-state index < -0.39 is 0 Å². The molecule has 1 atom stereocenters. The summed E-state index contributed by atoms with van der Waals surface area (Å²) < 4.78 is 0. The van der Waals surface area contributed by atoms with Gasteiger partial charge in [-0.1, -0.05) is 26.7 Å². The number of rotatable bonds is 9. The van der Waals surface area contributed by atoms with Crippen LogP contribution in [-0.2, 0) is 0 Å². The van der Waals surface area contributed by atoms with Gasteiger partial charge in [-0.25, -0.2) is 0 Å². The quantitative estimate of drug-likeness (QED) is 0.582. The van der Waals surface area contributed by atoms with Gasteiger partial charge in [0.2, 0.25) is 0 Å². The van der Waals surface area contributed by atoms with E-state index in [0.717, 1.165) is 5.92 Å². The smallest absolute Gasteiger partial charge is 0.000698 e. The zero-order valence-electron chi connectivity index (χ0n) is 11.4. The van der Waals surface area contributed by atoms with Crippen LogP contribution in [0.25, 0.3) is 0 Å². The highest BCUT2D eigenvalue weighted by atomic mass is 15.1. The predicted octanol–water partition coefficient (Wildman–Crippen LogP) is 2.70. The van der Waals surface area contributed by atoms with Crippen LogP contribution in [0.2, 0.25) is 0 Å². The second-order valence-corrected chi connectivity index (χ2v) is 4.98. The summed E-state index contributed by atoms with van der Waals surface area (Å²) >= 11 is 0. The first-order chi connectivity index (χ1) is 7.10. The van der Waals surface area contributed by atoms with Crippen molar-refractivity contribution in [3.8, 4) is 0 Å². The molecule has 2 heteroatoms. The molecule has 0 amide bonds. The van der Waals surface area contributed by atoms with Gasteiger partial charge in [0.25, 0.3) is 0 Å². The lowest BCUT2D eigenvalue weighted by Crippen LogP contribution is -2.28. The van der Waals surface area contributed by atoms with Crippen molar-refractivity contribution in [2.45, 2.75) is 39.5 Å². The van der Waals surface area contributed by atoms with Crippen LogP contribution >= 0.6 is 0 Å². The third-order valence-corrected chi connectivity index (χ3v) is 3.03. The Bertz CT molecular complexity index is 134. The van der Waals surface area contributed by atoms with Crippen LogP contribution < -0.4 is 0 Å². The Morgan fingerprint density at radius 1 is 1.00 bits per heavy atom. The highest BCUT2D eigenvalue weighted by Gasteiger charge is 2.09. The van der Waals surface area contributed by atoms with Gasteiger partial charge >= 0.3 is 0 Å². The van der Waals surface area contributed by atoms with Crippen molar-refractivity contribution in [3.05, 3.63) is 0 Å². The summed E-state index contributed by atoms with van der Waals surface area (Å²) in [6.45, 7) is 8.32. The van der Waals surface area contributed by atoms with Gasteiger partial charge in [-0.15, -0.1) is 0 Å². The minimum absolute atomic E-state index is 0.870. The van der Waals surface area contributed by atoms with Gasteiger partial charge in [-0.2, -0.15) is 0 Å². The van der Waals surface area contributed by atoms with E-state index >= 15 is 0 Å². The zero-order valence-corrected chi connectivity index (χ0v) is 11.4. The van der Waals surface area contributed by atoms with Crippen LogP contribution in [-0.4, -0.2) is 50.6 Å². The molecular weight excluding hydrogens is 184 g/mol. The normalized spacial score (nSPS) is 13.8. The van der Waals surface area contributed by atoms with Crippen LogP contribution in [0, 0.1) is 5.92 Å². The Morgan fingerprint density at radius 3 is 2.13 bits per heavy atom. The molecule has 0 aliphatic rings. The average molecular weight is 214 g/mol. The van der Waals surface area contributed by atoms with Crippen molar-refractivity contribution in [2.24, 2.45) is 5.92 Å². The third-order valence-electron chi connectivity index (χ3n) is 3.03. The van der Waals surface area contributed by atoms with E-state index in [2.05, 4.69) is 44.8 Å². The summed E-state index contributed by atoms with van der Waals surface area (Å²) in [4.78, 5) is 4.78. The molecule has 1 unspecified atom stereocenters. The number of hydrogen-bond donors (Lipinski definition) is 0. The fraction of sp³-hybridized carbons (Fsp3) is 1.00. The van der Waals surface area contributed by atoms with Gasteiger partial charge in [0.15, 0.2) is 0 Å². The van der Waals surface area contributed by atoms with Crippen molar-refractivity contribution in [3.63, 3.8) is 0 Å². The van der Waals surface area contributed by atoms with Gasteiger partial charge in [-0.3, -0.25) is 0 Å². The predicted molar refractivity (Wildman–Crippen MR) is 69.4 cm³/mol. The Kier molecular flexibility index (Phi) is 9.12. The summed E-state index contributed by atoms with van der Waals surface area (Å²) in [7, 11) is 6.58. The van der Waals surface area contributed by atoms with Gasteiger partial charge in [0.1, 0.15) is 0 Å². The first kappa shape index (κ1) is 14.9. The molecule has 0 aromatic rings. The molecule has 0 aliphatic heterocycles. The molecule has 0 aromatic carbocycles. The molecule has 0 N–H and O–H groups in total. The molecule has 0 rings (SSSR count). The van der Waals surface area contributed by atoms with Crippen molar-refractivity contribution < 1.29 is 0 Å². The Morgan fingerprint density at radius 2 is 1.67 bits per heavy atom. The Hall–Kier alpha value is -0.0800. The molecular formula is C13H30N2. The molecule has 0 heterocycles. The van der Waals surface area contributed by atoms with Crippen LogP contribution in [0.3, 0.4) is 0 Å². The zero-order chi connectivity index (χ0) is 11.7. The van der Waals surface area contributed by atoms with Crippen molar-refractivity contribution in [1.29, 1.82) is 0 Å². The molecule has 2 nitrogen and oxygen atoms in total. The first-order valence-corrected chi connectivity index (χ1v) is 6.43. The maximum atomic E-state index is 2.49. The molecule has 0 saturated carbocycles. The second kappa shape index (κ2) is 9.17. The van der Waals surface area contributed by atoms with Crippen molar-refractivity contribution in [2.75, 3.05) is 40.8 Å². The van der Waals surface area contributed by atoms with Crippen molar-refractivity contribution in [1.82, 2.24) is 9.80 Å². The van der Waals surface area contributed by atoms with E-state index in [1.165, 1.54) is 45.3 Å². The fourth-order valence-corrected chi connectivity index (χ4v) is 1.83. The Balaban J connectivity index is 3.67. The van der Waals surface area contributed by atoms with E-state index in [-0.39, 0.29) is 0 Å². The molecule has 0 aliphatic carbocycles. The largest absolute Gasteiger partial charge is 0.309 e. The summed E-state index contributed by atoms with van der Waals surface area (Å²) in [6.07, 6.45) is 5.28. The lowest BCUT2D eigenvalue weighted by Gasteiger charge is -2.24. The van der Waals surface area contributed by atoms with E-state index in [9.17, 15) is 0 Å². The van der Waals surface area contributed by atoms with Crippen LogP contribution in [0.4, 0.5) is 0 Å². The van der Waals surface area contributed by atoms with Gasteiger partial charge in [-0.05, 0) is 53.0 Å². The lowest BCUT2D eigenvalue weighted by atomic mass is 10.0. The minimum atomic E-state index is 0.870. The number of nitrogens with zero attached hydrogens (tertiary/aromatic N) is 2. The summed E-state index contributed by atoms with van der Waals surface area (Å²) in [5.74, 6) is 0.870. The average Bonchev–Trinajstić information content (AvgIpc) is 2.20. The summed E-state index contributed by atoms with van der Waals surface area (Å²) in [6, 6.07) is 0. The standard InChI is InChI=1S/C13H30N2/c1-6-8-10-15(5)12-13(7-2)9-11-14(3)4/h13H,6-12H2,1-5H3. The van der Waals surface area contributed by atoms with Crippen LogP contribution in [0.1, 0.15) is 39.5 Å². The maximum Gasteiger partial charge on any atom is 0.000698 e. The SMILES string of the molecule is CCCCN(C)CC(CC)CCN(C)C. The molecule has 0 fully saturated rings. The molecule has 15 heavy (non-hydrogen) atoms. The summed E-state index contributed by atoms with van der Waals surface area (Å²) in [5, 5.41) is 0. The molecule has 0 bridgehead atoms. The molecule has 0 spiro atoms. The summed E-state index contributed by atoms with van der Waals surface area (Å²) in [5.41, 5.74) is 0. The molecule has 92 valence electrons.